The highest BCUT2D eigenvalue weighted by atomic mass is 35.5. The third kappa shape index (κ3) is 6.54. The fourth-order valence-corrected chi connectivity index (χ4v) is 2.61. The Kier molecular flexibility index (Phi) is 8.10. The molecule has 27 heavy (non-hydrogen) atoms. The van der Waals surface area contributed by atoms with E-state index in [1.54, 1.807) is 0 Å². The van der Waals surface area contributed by atoms with E-state index >= 15 is 0 Å². The van der Waals surface area contributed by atoms with Crippen LogP contribution in [-0.4, -0.2) is 23.2 Å². The molecule has 1 N–H and O–H groups in total. The third-order valence-electron chi connectivity index (χ3n) is 4.06. The van der Waals surface area contributed by atoms with Gasteiger partial charge in [-0.3, -0.25) is 0 Å². The Bertz CT molecular complexity index is 837. The molecule has 1 heterocycles. The van der Waals surface area contributed by atoms with E-state index in [4.69, 9.17) is 20.9 Å². The monoisotopic (exact) mass is 407 g/mol. The Morgan fingerprint density at radius 2 is 1.93 bits per heavy atom. The second kappa shape index (κ2) is 10.3. The summed E-state index contributed by atoms with van der Waals surface area (Å²) in [5, 5.41) is 7.92. The highest BCUT2D eigenvalue weighted by molar-refractivity contribution is 6.30. The molecule has 7 heteroatoms. The molecule has 1 atom stereocenters. The van der Waals surface area contributed by atoms with Gasteiger partial charge in [-0.15, -0.1) is 12.4 Å². The fourth-order valence-electron chi connectivity index (χ4n) is 2.49. The first-order valence-corrected chi connectivity index (χ1v) is 8.95. The van der Waals surface area contributed by atoms with Crippen molar-refractivity contribution >= 4 is 24.0 Å². The summed E-state index contributed by atoms with van der Waals surface area (Å²) >= 11 is 5.90. The van der Waals surface area contributed by atoms with Gasteiger partial charge in [0.2, 0.25) is 5.89 Å². The maximum atomic E-state index is 5.90. The van der Waals surface area contributed by atoms with E-state index in [0.717, 1.165) is 34.1 Å². The van der Waals surface area contributed by atoms with Crippen LogP contribution in [0, 0.1) is 0 Å². The summed E-state index contributed by atoms with van der Waals surface area (Å²) in [7, 11) is 1.92. The average molecular weight is 408 g/mol. The zero-order chi connectivity index (χ0) is 18.4. The first kappa shape index (κ1) is 21.2. The van der Waals surface area contributed by atoms with E-state index < -0.39 is 0 Å². The first-order valence-electron chi connectivity index (χ1n) is 8.57. The Morgan fingerprint density at radius 1 is 1.15 bits per heavy atom. The average Bonchev–Trinajstić information content (AvgIpc) is 3.08. The molecule has 0 radical (unpaired) electrons. The third-order valence-corrected chi connectivity index (χ3v) is 4.32. The number of likely N-dealkylation sites (N-methyl/N-ethyl adjacent to an activating group) is 1. The number of halogens is 2. The highest BCUT2D eigenvalue weighted by Gasteiger charge is 2.10. The zero-order valence-electron chi connectivity index (χ0n) is 15.3. The first-order chi connectivity index (χ1) is 12.6. The van der Waals surface area contributed by atoms with Crippen molar-refractivity contribution in [1.82, 2.24) is 15.5 Å². The zero-order valence-corrected chi connectivity index (χ0v) is 16.9. The number of ether oxygens (including phenoxy) is 1. The van der Waals surface area contributed by atoms with E-state index in [1.165, 1.54) is 0 Å². The van der Waals surface area contributed by atoms with E-state index in [2.05, 4.69) is 22.4 Å². The number of nitrogens with one attached hydrogen (secondary N) is 1. The van der Waals surface area contributed by atoms with Gasteiger partial charge in [0.25, 0.3) is 0 Å². The number of hydrogen-bond acceptors (Lipinski definition) is 5. The van der Waals surface area contributed by atoms with Crippen LogP contribution in [0.4, 0.5) is 0 Å². The molecule has 3 rings (SSSR count). The van der Waals surface area contributed by atoms with Crippen LogP contribution in [-0.2, 0) is 19.4 Å². The van der Waals surface area contributed by atoms with Crippen LogP contribution in [0.5, 0.6) is 5.75 Å². The largest absolute Gasteiger partial charge is 0.489 e. The second-order valence-electron chi connectivity index (χ2n) is 6.24. The van der Waals surface area contributed by atoms with Crippen LogP contribution < -0.4 is 10.1 Å². The van der Waals surface area contributed by atoms with Gasteiger partial charge in [0.15, 0.2) is 5.82 Å². The second-order valence-corrected chi connectivity index (χ2v) is 6.67. The van der Waals surface area contributed by atoms with Crippen molar-refractivity contribution in [1.29, 1.82) is 0 Å². The van der Waals surface area contributed by atoms with Crippen LogP contribution in [0.15, 0.2) is 53.1 Å². The number of nitrogens with zero attached hydrogens (tertiary/aromatic N) is 2. The van der Waals surface area contributed by atoms with Crippen LogP contribution in [0.3, 0.4) is 0 Å². The van der Waals surface area contributed by atoms with Crippen LogP contribution >= 0.6 is 24.0 Å². The van der Waals surface area contributed by atoms with Crippen molar-refractivity contribution in [2.75, 3.05) is 7.05 Å². The summed E-state index contributed by atoms with van der Waals surface area (Å²) in [4.78, 5) is 4.45. The molecular formula is C20H23Cl2N3O2. The molecule has 0 aliphatic rings. The highest BCUT2D eigenvalue weighted by Crippen LogP contribution is 2.18. The predicted octanol–water partition coefficient (Wildman–Crippen LogP) is 4.47. The Hall–Kier alpha value is -2.08. The predicted molar refractivity (Wildman–Crippen MR) is 109 cm³/mol. The number of benzene rings is 2. The number of rotatable bonds is 8. The van der Waals surface area contributed by atoms with Crippen molar-refractivity contribution in [3.63, 3.8) is 0 Å². The van der Waals surface area contributed by atoms with Gasteiger partial charge in [-0.1, -0.05) is 41.0 Å². The maximum absolute atomic E-state index is 5.90. The SMILES string of the molecule is CNC(C)Cc1noc(Cc2cccc(OCc3ccc(Cl)cc3)c2)n1.Cl. The van der Waals surface area contributed by atoms with Gasteiger partial charge in [-0.05, 0) is 49.4 Å². The lowest BCUT2D eigenvalue weighted by Gasteiger charge is -2.07. The molecule has 0 spiro atoms. The van der Waals surface area contributed by atoms with E-state index in [0.29, 0.717) is 25.0 Å². The molecule has 0 aliphatic heterocycles. The van der Waals surface area contributed by atoms with Crippen molar-refractivity contribution in [2.24, 2.45) is 0 Å². The maximum Gasteiger partial charge on any atom is 0.231 e. The summed E-state index contributed by atoms with van der Waals surface area (Å²) < 4.78 is 11.2. The van der Waals surface area contributed by atoms with E-state index in [-0.39, 0.29) is 12.4 Å². The standard InChI is InChI=1S/C20H22ClN3O2.ClH/c1-14(22-2)10-19-23-20(26-24-19)12-16-4-3-5-18(11-16)25-13-15-6-8-17(21)9-7-15;/h3-9,11,14,22H,10,12-13H2,1-2H3;1H. The number of aromatic nitrogens is 2. The van der Waals surface area contributed by atoms with Gasteiger partial charge in [-0.2, -0.15) is 4.98 Å². The van der Waals surface area contributed by atoms with Gasteiger partial charge < -0.3 is 14.6 Å². The van der Waals surface area contributed by atoms with Crippen molar-refractivity contribution < 1.29 is 9.26 Å². The molecule has 144 valence electrons. The Balaban J connectivity index is 0.00000261. The lowest BCUT2D eigenvalue weighted by molar-refractivity contribution is 0.306. The fraction of sp³-hybridized carbons (Fsp3) is 0.300. The molecule has 0 saturated heterocycles. The van der Waals surface area contributed by atoms with Gasteiger partial charge in [-0.25, -0.2) is 0 Å². The Morgan fingerprint density at radius 3 is 2.67 bits per heavy atom. The summed E-state index contributed by atoms with van der Waals surface area (Å²) in [5.74, 6) is 2.14. The van der Waals surface area contributed by atoms with Gasteiger partial charge in [0.05, 0.1) is 6.42 Å². The van der Waals surface area contributed by atoms with E-state index in [9.17, 15) is 0 Å². The van der Waals surface area contributed by atoms with Crippen LogP contribution in [0.2, 0.25) is 5.02 Å². The normalized spacial score (nSPS) is 11.7. The molecule has 0 saturated carbocycles. The summed E-state index contributed by atoms with van der Waals surface area (Å²) in [6, 6.07) is 15.9. The molecule has 1 unspecified atom stereocenters. The quantitative estimate of drug-likeness (QED) is 0.596. The smallest absolute Gasteiger partial charge is 0.231 e. The number of hydrogen-bond donors (Lipinski definition) is 1. The summed E-state index contributed by atoms with van der Waals surface area (Å²) in [6.07, 6.45) is 1.32. The van der Waals surface area contributed by atoms with Gasteiger partial charge in [0, 0.05) is 17.5 Å². The summed E-state index contributed by atoms with van der Waals surface area (Å²) in [5.41, 5.74) is 2.13. The molecule has 5 nitrogen and oxygen atoms in total. The summed E-state index contributed by atoms with van der Waals surface area (Å²) in [6.45, 7) is 2.57. The lowest BCUT2D eigenvalue weighted by atomic mass is 10.1. The minimum atomic E-state index is 0. The van der Waals surface area contributed by atoms with Crippen molar-refractivity contribution in [2.45, 2.75) is 32.4 Å². The van der Waals surface area contributed by atoms with Crippen LogP contribution in [0.1, 0.15) is 29.8 Å². The molecule has 3 aromatic rings. The lowest BCUT2D eigenvalue weighted by Crippen LogP contribution is -2.24. The van der Waals surface area contributed by atoms with Gasteiger partial charge >= 0.3 is 0 Å². The van der Waals surface area contributed by atoms with E-state index in [1.807, 2.05) is 55.6 Å². The molecular weight excluding hydrogens is 385 g/mol. The topological polar surface area (TPSA) is 60.2 Å². The van der Waals surface area contributed by atoms with Crippen molar-refractivity contribution in [3.8, 4) is 5.75 Å². The van der Waals surface area contributed by atoms with Crippen LogP contribution in [0.25, 0.3) is 0 Å². The van der Waals surface area contributed by atoms with Crippen molar-refractivity contribution in [3.05, 3.63) is 76.4 Å². The minimum Gasteiger partial charge on any atom is -0.489 e. The molecule has 1 aromatic heterocycles. The minimum absolute atomic E-state index is 0. The molecule has 0 aliphatic carbocycles. The molecule has 0 fully saturated rings. The molecule has 0 amide bonds. The Labute approximate surface area is 170 Å². The van der Waals surface area contributed by atoms with Gasteiger partial charge in [0.1, 0.15) is 12.4 Å². The molecule has 2 aromatic carbocycles. The molecule has 0 bridgehead atoms.